The second kappa shape index (κ2) is 14.3. The van der Waals surface area contributed by atoms with Gasteiger partial charge in [-0.05, 0) is 38.3 Å². The summed E-state index contributed by atoms with van der Waals surface area (Å²) in [5.74, 6) is 0.975. The minimum absolute atomic E-state index is 0. The molecule has 1 aliphatic carbocycles. The highest BCUT2D eigenvalue weighted by Gasteiger charge is 2.47. The van der Waals surface area contributed by atoms with Crippen LogP contribution >= 0.6 is 24.8 Å². The summed E-state index contributed by atoms with van der Waals surface area (Å²) in [6, 6.07) is 0. The van der Waals surface area contributed by atoms with E-state index in [1.807, 2.05) is 13.2 Å². The van der Waals surface area contributed by atoms with Crippen LogP contribution < -0.4 is 10.6 Å². The highest BCUT2D eigenvalue weighted by atomic mass is 35.5. The number of likely N-dealkylation sites (N-methyl/N-ethyl adjacent to an activating group) is 2. The number of nitrogens with zero attached hydrogens (tertiary/aromatic N) is 2. The van der Waals surface area contributed by atoms with Gasteiger partial charge in [0.2, 0.25) is 5.91 Å². The number of aromatic nitrogens is 2. The summed E-state index contributed by atoms with van der Waals surface area (Å²) in [4.78, 5) is 15.3. The molecule has 0 aliphatic heterocycles. The van der Waals surface area contributed by atoms with E-state index in [4.69, 9.17) is 4.74 Å². The van der Waals surface area contributed by atoms with Crippen LogP contribution in [0.1, 0.15) is 57.2 Å². The Morgan fingerprint density at radius 3 is 2.65 bits per heavy atom. The van der Waals surface area contributed by atoms with Crippen molar-refractivity contribution < 1.29 is 9.53 Å². The maximum absolute atomic E-state index is 13.0. The molecule has 1 aliphatic rings. The minimum Gasteiger partial charge on any atom is -0.383 e. The second-order valence-corrected chi connectivity index (χ2v) is 9.08. The van der Waals surface area contributed by atoms with Gasteiger partial charge in [-0.2, -0.15) is 5.10 Å². The third kappa shape index (κ3) is 7.90. The molecule has 1 aromatic heterocycles. The first-order valence-electron chi connectivity index (χ1n) is 11.0. The molecule has 2 rings (SSSR count). The summed E-state index contributed by atoms with van der Waals surface area (Å²) in [5, 5.41) is 13.9. The van der Waals surface area contributed by atoms with Crippen molar-refractivity contribution in [1.82, 2.24) is 25.7 Å². The van der Waals surface area contributed by atoms with Gasteiger partial charge in [0.1, 0.15) is 0 Å². The van der Waals surface area contributed by atoms with Gasteiger partial charge in [0.15, 0.2) is 0 Å². The summed E-state index contributed by atoms with van der Waals surface area (Å²) in [6.07, 6.45) is 5.00. The summed E-state index contributed by atoms with van der Waals surface area (Å²) in [6.45, 7) is 10.7. The van der Waals surface area contributed by atoms with E-state index in [2.05, 4.69) is 53.5 Å². The maximum atomic E-state index is 13.0. The average Bonchev–Trinajstić information content (AvgIpc) is 3.14. The van der Waals surface area contributed by atoms with Gasteiger partial charge < -0.3 is 20.3 Å². The van der Waals surface area contributed by atoms with E-state index in [9.17, 15) is 4.79 Å². The molecule has 1 amide bonds. The van der Waals surface area contributed by atoms with Gasteiger partial charge in [-0.25, -0.2) is 0 Å². The van der Waals surface area contributed by atoms with Gasteiger partial charge in [-0.1, -0.05) is 27.2 Å². The van der Waals surface area contributed by atoms with Crippen LogP contribution in [-0.2, 0) is 16.1 Å². The summed E-state index contributed by atoms with van der Waals surface area (Å²) < 4.78 is 5.10. The Hall–Kier alpha value is -0.860. The number of hydrogen-bond donors (Lipinski definition) is 3. The van der Waals surface area contributed by atoms with Crippen molar-refractivity contribution in [3.63, 3.8) is 0 Å². The molecule has 0 saturated heterocycles. The van der Waals surface area contributed by atoms with E-state index in [1.165, 1.54) is 11.3 Å². The third-order valence-electron chi connectivity index (χ3n) is 6.80. The fourth-order valence-corrected chi connectivity index (χ4v) is 4.86. The molecule has 1 heterocycles. The Kier molecular flexibility index (Phi) is 13.9. The van der Waals surface area contributed by atoms with Crippen LogP contribution in [0.3, 0.4) is 0 Å². The van der Waals surface area contributed by atoms with E-state index in [1.54, 1.807) is 7.11 Å². The summed E-state index contributed by atoms with van der Waals surface area (Å²) in [5.41, 5.74) is 2.44. The van der Waals surface area contributed by atoms with E-state index < -0.39 is 0 Å². The van der Waals surface area contributed by atoms with E-state index in [0.29, 0.717) is 25.0 Å². The molecule has 0 aromatic carbocycles. The maximum Gasteiger partial charge on any atom is 0.223 e. The Labute approximate surface area is 200 Å². The zero-order valence-electron chi connectivity index (χ0n) is 20.0. The summed E-state index contributed by atoms with van der Waals surface area (Å²) in [7, 11) is 5.77. The lowest BCUT2D eigenvalue weighted by atomic mass is 9.57. The van der Waals surface area contributed by atoms with Crippen molar-refractivity contribution in [3.8, 4) is 0 Å². The monoisotopic (exact) mass is 479 g/mol. The van der Waals surface area contributed by atoms with Gasteiger partial charge in [-0.15, -0.1) is 24.8 Å². The molecule has 1 saturated carbocycles. The number of H-pyrrole nitrogens is 1. The first-order valence-corrected chi connectivity index (χ1v) is 11.0. The molecule has 3 atom stereocenters. The number of carbonyl (C=O) groups excluding carboxylic acids is 1. The average molecular weight is 481 g/mol. The second-order valence-electron chi connectivity index (χ2n) is 9.08. The molecule has 3 N–H and O–H groups in total. The van der Waals surface area contributed by atoms with Gasteiger partial charge in [0.05, 0.1) is 12.8 Å². The first-order chi connectivity index (χ1) is 13.8. The van der Waals surface area contributed by atoms with E-state index in [-0.39, 0.29) is 42.1 Å². The SMILES string of the molecule is CCC1CC(c2[nH]ncc2CN(C)CCNC)CC(C(=O)NCCOC)C1(C)C.Cl.Cl. The molecular formula is C22H43Cl2N5O2. The van der Waals surface area contributed by atoms with Crippen LogP contribution in [0.5, 0.6) is 0 Å². The van der Waals surface area contributed by atoms with E-state index in [0.717, 1.165) is 38.9 Å². The van der Waals surface area contributed by atoms with Crippen molar-refractivity contribution >= 4 is 30.7 Å². The Balaban J connectivity index is 0.00000450. The number of halogens is 2. The van der Waals surface area contributed by atoms with Crippen molar-refractivity contribution in [1.29, 1.82) is 0 Å². The number of methoxy groups -OCH3 is 1. The zero-order valence-corrected chi connectivity index (χ0v) is 21.6. The minimum atomic E-state index is -0.0216. The van der Waals surface area contributed by atoms with Gasteiger partial charge >= 0.3 is 0 Å². The van der Waals surface area contributed by atoms with Crippen LogP contribution in [-0.4, -0.2) is 68.5 Å². The van der Waals surface area contributed by atoms with Crippen LogP contribution in [0.25, 0.3) is 0 Å². The highest BCUT2D eigenvalue weighted by Crippen LogP contribution is 2.51. The van der Waals surface area contributed by atoms with Crippen LogP contribution in [0.2, 0.25) is 0 Å². The molecule has 182 valence electrons. The standard InChI is InChI=1S/C22H41N5O2.2ClH/c1-7-18-12-16(13-19(22(18,2)3)21(28)24-9-11-29-6)20-17(14-25-26-20)15-27(5)10-8-23-4;;/h14,16,18-19,23H,7-13,15H2,1-6H3,(H,24,28)(H,25,26);2*1H. The predicted octanol–water partition coefficient (Wildman–Crippen LogP) is 3.21. The quantitative estimate of drug-likeness (QED) is 0.424. The molecule has 0 radical (unpaired) electrons. The fourth-order valence-electron chi connectivity index (χ4n) is 4.86. The lowest BCUT2D eigenvalue weighted by molar-refractivity contribution is -0.133. The number of aromatic amines is 1. The lowest BCUT2D eigenvalue weighted by Gasteiger charge is -2.47. The molecular weight excluding hydrogens is 437 g/mol. The van der Waals surface area contributed by atoms with Crippen LogP contribution in [0.15, 0.2) is 6.20 Å². The number of nitrogens with one attached hydrogen (secondary N) is 3. The van der Waals surface area contributed by atoms with Gasteiger partial charge in [-0.3, -0.25) is 9.89 Å². The van der Waals surface area contributed by atoms with Gasteiger partial charge in [0.25, 0.3) is 0 Å². The highest BCUT2D eigenvalue weighted by molar-refractivity contribution is 5.85. The number of hydrogen-bond acceptors (Lipinski definition) is 5. The molecule has 1 aromatic rings. The Bertz CT molecular complexity index is 641. The lowest BCUT2D eigenvalue weighted by Crippen LogP contribution is -2.47. The molecule has 0 bridgehead atoms. The normalized spacial score (nSPS) is 22.5. The zero-order chi connectivity index (χ0) is 21.4. The molecule has 3 unspecified atom stereocenters. The van der Waals surface area contributed by atoms with Crippen molar-refractivity contribution in [2.75, 3.05) is 47.4 Å². The third-order valence-corrected chi connectivity index (χ3v) is 6.80. The molecule has 1 fully saturated rings. The van der Waals surface area contributed by atoms with Crippen LogP contribution in [0.4, 0.5) is 0 Å². The largest absolute Gasteiger partial charge is 0.383 e. The van der Waals surface area contributed by atoms with E-state index >= 15 is 0 Å². The Morgan fingerprint density at radius 2 is 2.03 bits per heavy atom. The first kappa shape index (κ1) is 30.1. The summed E-state index contributed by atoms with van der Waals surface area (Å²) >= 11 is 0. The number of ether oxygens (including phenoxy) is 1. The number of amides is 1. The molecule has 7 nitrogen and oxygen atoms in total. The number of rotatable bonds is 11. The van der Waals surface area contributed by atoms with Crippen molar-refractivity contribution in [2.45, 2.75) is 52.5 Å². The topological polar surface area (TPSA) is 82.3 Å². The van der Waals surface area contributed by atoms with Gasteiger partial charge in [0, 0.05) is 56.4 Å². The Morgan fingerprint density at radius 1 is 1.32 bits per heavy atom. The van der Waals surface area contributed by atoms with Crippen molar-refractivity contribution in [2.24, 2.45) is 17.3 Å². The number of carbonyl (C=O) groups is 1. The fraction of sp³-hybridized carbons (Fsp3) is 0.818. The smallest absolute Gasteiger partial charge is 0.223 e. The molecule has 9 heteroatoms. The van der Waals surface area contributed by atoms with Crippen molar-refractivity contribution in [3.05, 3.63) is 17.5 Å². The molecule has 0 spiro atoms. The predicted molar refractivity (Wildman–Crippen MR) is 131 cm³/mol. The van der Waals surface area contributed by atoms with Crippen LogP contribution in [0, 0.1) is 17.3 Å². The molecule has 31 heavy (non-hydrogen) atoms.